The number of rotatable bonds is 11. The lowest BCUT2D eigenvalue weighted by Gasteiger charge is -2.09. The van der Waals surface area contributed by atoms with E-state index in [-0.39, 0.29) is 5.56 Å². The highest BCUT2D eigenvalue weighted by Gasteiger charge is 2.09. The van der Waals surface area contributed by atoms with Crippen molar-refractivity contribution in [3.8, 4) is 5.75 Å². The van der Waals surface area contributed by atoms with E-state index in [4.69, 9.17) is 19.3 Å². The Hall–Kier alpha value is -1.59. The van der Waals surface area contributed by atoms with Crippen LogP contribution in [0.3, 0.4) is 0 Å². The fourth-order valence-electron chi connectivity index (χ4n) is 1.55. The Morgan fingerprint density at radius 2 is 1.70 bits per heavy atom. The molecule has 0 fully saturated rings. The summed E-state index contributed by atoms with van der Waals surface area (Å²) in [6, 6.07) is 6.56. The van der Waals surface area contributed by atoms with Gasteiger partial charge in [0.1, 0.15) is 17.9 Å². The second-order valence-corrected chi connectivity index (χ2v) is 4.23. The molecule has 0 heterocycles. The van der Waals surface area contributed by atoms with Gasteiger partial charge in [0, 0.05) is 6.61 Å². The quantitative estimate of drug-likeness (QED) is 0.632. The van der Waals surface area contributed by atoms with Gasteiger partial charge in [-0.3, -0.25) is 0 Å². The summed E-state index contributed by atoms with van der Waals surface area (Å²) in [4.78, 5) is 11.0. The molecule has 0 atom stereocenters. The van der Waals surface area contributed by atoms with Crippen LogP contribution in [0.1, 0.15) is 30.1 Å². The zero-order valence-corrected chi connectivity index (χ0v) is 11.8. The van der Waals surface area contributed by atoms with Crippen molar-refractivity contribution >= 4 is 5.97 Å². The van der Waals surface area contributed by atoms with E-state index in [1.807, 2.05) is 0 Å². The molecule has 0 saturated carbocycles. The van der Waals surface area contributed by atoms with Crippen molar-refractivity contribution < 1.29 is 24.1 Å². The molecule has 0 unspecified atom stereocenters. The Balaban J connectivity index is 2.11. The van der Waals surface area contributed by atoms with Crippen LogP contribution in [0, 0.1) is 0 Å². The molecule has 0 aromatic heterocycles. The second-order valence-electron chi connectivity index (χ2n) is 4.23. The van der Waals surface area contributed by atoms with Crippen molar-refractivity contribution in [2.75, 3.05) is 33.0 Å². The second kappa shape index (κ2) is 10.2. The van der Waals surface area contributed by atoms with E-state index in [2.05, 4.69) is 6.92 Å². The Kier molecular flexibility index (Phi) is 8.42. The van der Waals surface area contributed by atoms with Crippen LogP contribution in [-0.2, 0) is 9.47 Å². The van der Waals surface area contributed by atoms with E-state index >= 15 is 0 Å². The summed E-state index contributed by atoms with van der Waals surface area (Å²) >= 11 is 0. The first-order chi connectivity index (χ1) is 9.75. The van der Waals surface area contributed by atoms with Crippen molar-refractivity contribution in [1.29, 1.82) is 0 Å². The van der Waals surface area contributed by atoms with Crippen molar-refractivity contribution in [1.82, 2.24) is 0 Å². The molecule has 0 bridgehead atoms. The lowest BCUT2D eigenvalue weighted by atomic mass is 10.2. The van der Waals surface area contributed by atoms with E-state index in [9.17, 15) is 4.79 Å². The Labute approximate surface area is 119 Å². The predicted molar refractivity (Wildman–Crippen MR) is 75.4 cm³/mol. The highest BCUT2D eigenvalue weighted by atomic mass is 16.5. The number of carbonyl (C=O) groups is 1. The monoisotopic (exact) mass is 282 g/mol. The molecular formula is C15H22O5. The van der Waals surface area contributed by atoms with Crippen molar-refractivity contribution in [2.45, 2.75) is 19.8 Å². The van der Waals surface area contributed by atoms with Crippen LogP contribution in [0.5, 0.6) is 5.75 Å². The third-order valence-corrected chi connectivity index (χ3v) is 2.62. The molecule has 1 rings (SSSR count). The van der Waals surface area contributed by atoms with E-state index < -0.39 is 5.97 Å². The Bertz CT molecular complexity index is 392. The summed E-state index contributed by atoms with van der Waals surface area (Å²) in [5.41, 5.74) is 0.162. The molecule has 0 aliphatic heterocycles. The SMILES string of the molecule is CCCCOCCOCCOc1ccccc1C(=O)O. The van der Waals surface area contributed by atoms with Crippen LogP contribution in [-0.4, -0.2) is 44.1 Å². The smallest absolute Gasteiger partial charge is 0.339 e. The summed E-state index contributed by atoms with van der Waals surface area (Å²) in [5.74, 6) is -0.631. The first-order valence-electron chi connectivity index (χ1n) is 6.86. The van der Waals surface area contributed by atoms with E-state index in [0.29, 0.717) is 32.2 Å². The van der Waals surface area contributed by atoms with Gasteiger partial charge in [0.05, 0.1) is 19.8 Å². The molecule has 0 amide bonds. The molecule has 0 radical (unpaired) electrons. The highest BCUT2D eigenvalue weighted by Crippen LogP contribution is 2.17. The van der Waals surface area contributed by atoms with Gasteiger partial charge in [-0.2, -0.15) is 0 Å². The number of ether oxygens (including phenoxy) is 3. The number of para-hydroxylation sites is 1. The number of aromatic carboxylic acids is 1. The maximum Gasteiger partial charge on any atom is 0.339 e. The molecule has 0 saturated heterocycles. The van der Waals surface area contributed by atoms with Gasteiger partial charge in [-0.15, -0.1) is 0 Å². The summed E-state index contributed by atoms with van der Waals surface area (Å²) in [6.07, 6.45) is 2.19. The fourth-order valence-corrected chi connectivity index (χ4v) is 1.55. The Morgan fingerprint density at radius 3 is 2.40 bits per heavy atom. The first kappa shape index (κ1) is 16.5. The molecule has 5 heteroatoms. The number of hydrogen-bond donors (Lipinski definition) is 1. The minimum absolute atomic E-state index is 0.162. The highest BCUT2D eigenvalue weighted by molar-refractivity contribution is 5.90. The average molecular weight is 282 g/mol. The molecular weight excluding hydrogens is 260 g/mol. The molecule has 1 aromatic carbocycles. The summed E-state index contributed by atoms with van der Waals surface area (Å²) < 4.78 is 16.1. The van der Waals surface area contributed by atoms with Crippen LogP contribution in [0.25, 0.3) is 0 Å². The lowest BCUT2D eigenvalue weighted by Crippen LogP contribution is -2.12. The van der Waals surface area contributed by atoms with Gasteiger partial charge < -0.3 is 19.3 Å². The number of benzene rings is 1. The number of carboxylic acid groups (broad SMARTS) is 1. The number of carboxylic acids is 1. The van der Waals surface area contributed by atoms with Gasteiger partial charge in [0.25, 0.3) is 0 Å². The van der Waals surface area contributed by atoms with Crippen LogP contribution < -0.4 is 4.74 Å². The van der Waals surface area contributed by atoms with Crippen LogP contribution in [0.2, 0.25) is 0 Å². The van der Waals surface area contributed by atoms with E-state index in [1.54, 1.807) is 18.2 Å². The van der Waals surface area contributed by atoms with Gasteiger partial charge in [0.15, 0.2) is 0 Å². The van der Waals surface area contributed by atoms with Crippen molar-refractivity contribution in [2.24, 2.45) is 0 Å². The maximum absolute atomic E-state index is 11.0. The van der Waals surface area contributed by atoms with Gasteiger partial charge in [-0.25, -0.2) is 4.79 Å². The molecule has 0 aliphatic rings. The van der Waals surface area contributed by atoms with Crippen molar-refractivity contribution in [3.05, 3.63) is 29.8 Å². The molecule has 0 spiro atoms. The first-order valence-corrected chi connectivity index (χ1v) is 6.86. The Morgan fingerprint density at radius 1 is 1.05 bits per heavy atom. The summed E-state index contributed by atoms with van der Waals surface area (Å²) in [7, 11) is 0. The number of hydrogen-bond acceptors (Lipinski definition) is 4. The van der Waals surface area contributed by atoms with Crippen LogP contribution >= 0.6 is 0 Å². The largest absolute Gasteiger partial charge is 0.490 e. The molecule has 0 aliphatic carbocycles. The molecule has 1 N–H and O–H groups in total. The zero-order valence-electron chi connectivity index (χ0n) is 11.8. The third kappa shape index (κ3) is 6.54. The third-order valence-electron chi connectivity index (χ3n) is 2.62. The molecule has 112 valence electrons. The van der Waals surface area contributed by atoms with Crippen molar-refractivity contribution in [3.63, 3.8) is 0 Å². The summed E-state index contributed by atoms with van der Waals surface area (Å²) in [6.45, 7) is 4.71. The van der Waals surface area contributed by atoms with Crippen LogP contribution in [0.15, 0.2) is 24.3 Å². The minimum Gasteiger partial charge on any atom is -0.490 e. The van der Waals surface area contributed by atoms with E-state index in [0.717, 1.165) is 19.4 Å². The zero-order chi connectivity index (χ0) is 14.6. The molecule has 20 heavy (non-hydrogen) atoms. The predicted octanol–water partition coefficient (Wildman–Crippen LogP) is 2.60. The average Bonchev–Trinajstić information content (AvgIpc) is 2.46. The topological polar surface area (TPSA) is 65.0 Å². The van der Waals surface area contributed by atoms with Gasteiger partial charge >= 0.3 is 5.97 Å². The minimum atomic E-state index is -0.995. The van der Waals surface area contributed by atoms with Gasteiger partial charge in [-0.1, -0.05) is 25.5 Å². The van der Waals surface area contributed by atoms with Gasteiger partial charge in [-0.05, 0) is 18.6 Å². The van der Waals surface area contributed by atoms with Gasteiger partial charge in [0.2, 0.25) is 0 Å². The van der Waals surface area contributed by atoms with E-state index in [1.165, 1.54) is 6.07 Å². The fraction of sp³-hybridized carbons (Fsp3) is 0.533. The lowest BCUT2D eigenvalue weighted by molar-refractivity contribution is 0.0353. The maximum atomic E-state index is 11.0. The normalized spacial score (nSPS) is 10.4. The summed E-state index contributed by atoms with van der Waals surface area (Å²) in [5, 5.41) is 8.98. The standard InChI is InChI=1S/C15H22O5/c1-2-3-8-18-9-10-19-11-12-20-14-7-5-4-6-13(14)15(16)17/h4-7H,2-3,8-12H2,1H3,(H,16,17). The number of unbranched alkanes of at least 4 members (excludes halogenated alkanes) is 1. The molecule has 5 nitrogen and oxygen atoms in total. The molecule has 1 aromatic rings. The van der Waals surface area contributed by atoms with Crippen LogP contribution in [0.4, 0.5) is 0 Å².